The molecule has 1 atom stereocenters. The van der Waals surface area contributed by atoms with Gasteiger partial charge in [0.05, 0.1) is 6.26 Å². The molecule has 110 valence electrons. The highest BCUT2D eigenvalue weighted by Gasteiger charge is 2.30. The molecule has 20 heavy (non-hydrogen) atoms. The standard InChI is InChI=1S/C15H21NO3S/c1-20(18,19)16-10-7-14(8-11-16)15(9-12-17)13-5-3-2-4-6-13/h2-6,12,14-15H,7-11H2,1H3. The van der Waals surface area contributed by atoms with Gasteiger partial charge in [-0.15, -0.1) is 0 Å². The summed E-state index contributed by atoms with van der Waals surface area (Å²) in [4.78, 5) is 10.9. The third-order valence-electron chi connectivity index (χ3n) is 4.11. The number of carbonyl (C=O) groups is 1. The second-order valence-corrected chi connectivity index (χ2v) is 7.40. The number of aldehydes is 1. The Kier molecular flexibility index (Phi) is 4.94. The van der Waals surface area contributed by atoms with Gasteiger partial charge in [0, 0.05) is 19.5 Å². The van der Waals surface area contributed by atoms with E-state index in [2.05, 4.69) is 12.1 Å². The quantitative estimate of drug-likeness (QED) is 0.781. The van der Waals surface area contributed by atoms with Crippen molar-refractivity contribution in [3.63, 3.8) is 0 Å². The summed E-state index contributed by atoms with van der Waals surface area (Å²) in [6, 6.07) is 10.0. The van der Waals surface area contributed by atoms with Crippen LogP contribution < -0.4 is 0 Å². The number of hydrogen-bond donors (Lipinski definition) is 0. The Bertz CT molecular complexity index is 533. The molecule has 1 aromatic carbocycles. The fourth-order valence-electron chi connectivity index (χ4n) is 3.01. The first-order valence-corrected chi connectivity index (χ1v) is 8.81. The lowest BCUT2D eigenvalue weighted by Crippen LogP contribution is -2.39. The molecule has 0 aliphatic carbocycles. The molecule has 1 saturated heterocycles. The Balaban J connectivity index is 2.08. The van der Waals surface area contributed by atoms with Crippen molar-refractivity contribution in [3.05, 3.63) is 35.9 Å². The topological polar surface area (TPSA) is 54.5 Å². The molecule has 1 unspecified atom stereocenters. The smallest absolute Gasteiger partial charge is 0.211 e. The van der Waals surface area contributed by atoms with Crippen molar-refractivity contribution in [1.82, 2.24) is 4.31 Å². The average molecular weight is 295 g/mol. The minimum Gasteiger partial charge on any atom is -0.303 e. The molecule has 2 rings (SSSR count). The maximum absolute atomic E-state index is 11.5. The molecule has 0 bridgehead atoms. The SMILES string of the molecule is CS(=O)(=O)N1CCC(C(CC=O)c2ccccc2)CC1. The van der Waals surface area contributed by atoms with Crippen LogP contribution >= 0.6 is 0 Å². The van der Waals surface area contributed by atoms with Gasteiger partial charge in [0.2, 0.25) is 10.0 Å². The van der Waals surface area contributed by atoms with E-state index in [1.54, 1.807) is 0 Å². The van der Waals surface area contributed by atoms with Gasteiger partial charge in [-0.3, -0.25) is 0 Å². The summed E-state index contributed by atoms with van der Waals surface area (Å²) < 4.78 is 24.6. The molecular weight excluding hydrogens is 274 g/mol. The van der Waals surface area contributed by atoms with E-state index in [1.807, 2.05) is 18.2 Å². The van der Waals surface area contributed by atoms with Crippen molar-refractivity contribution in [2.45, 2.75) is 25.2 Å². The summed E-state index contributed by atoms with van der Waals surface area (Å²) >= 11 is 0. The molecule has 0 saturated carbocycles. The van der Waals surface area contributed by atoms with E-state index in [0.29, 0.717) is 25.4 Å². The van der Waals surface area contributed by atoms with Gasteiger partial charge in [-0.2, -0.15) is 0 Å². The van der Waals surface area contributed by atoms with Crippen LogP contribution in [0.4, 0.5) is 0 Å². The monoisotopic (exact) mass is 295 g/mol. The molecule has 1 aromatic rings. The van der Waals surface area contributed by atoms with Crippen molar-refractivity contribution in [2.24, 2.45) is 5.92 Å². The van der Waals surface area contributed by atoms with E-state index in [4.69, 9.17) is 0 Å². The van der Waals surface area contributed by atoms with Crippen LogP contribution in [0.5, 0.6) is 0 Å². The highest BCUT2D eigenvalue weighted by Crippen LogP contribution is 2.35. The van der Waals surface area contributed by atoms with Gasteiger partial charge in [0.15, 0.2) is 0 Å². The number of rotatable bonds is 5. The van der Waals surface area contributed by atoms with Gasteiger partial charge >= 0.3 is 0 Å². The number of hydrogen-bond acceptors (Lipinski definition) is 3. The Labute approximate surface area is 120 Å². The van der Waals surface area contributed by atoms with Crippen LogP contribution in [0.3, 0.4) is 0 Å². The lowest BCUT2D eigenvalue weighted by molar-refractivity contribution is -0.108. The van der Waals surface area contributed by atoms with Crippen LogP contribution in [-0.2, 0) is 14.8 Å². The first-order chi connectivity index (χ1) is 9.52. The van der Waals surface area contributed by atoms with E-state index in [1.165, 1.54) is 16.1 Å². The molecule has 5 heteroatoms. The van der Waals surface area contributed by atoms with Gasteiger partial charge in [-0.05, 0) is 30.2 Å². The van der Waals surface area contributed by atoms with Gasteiger partial charge in [-0.25, -0.2) is 12.7 Å². The molecule has 0 radical (unpaired) electrons. The third kappa shape index (κ3) is 3.67. The van der Waals surface area contributed by atoms with Crippen LogP contribution in [0.2, 0.25) is 0 Å². The molecule has 0 aromatic heterocycles. The summed E-state index contributed by atoms with van der Waals surface area (Å²) in [6.07, 6.45) is 4.38. The first-order valence-electron chi connectivity index (χ1n) is 6.96. The zero-order chi connectivity index (χ0) is 14.6. The summed E-state index contributed by atoms with van der Waals surface area (Å²) in [5.41, 5.74) is 1.18. The first kappa shape index (κ1) is 15.2. The molecule has 0 spiro atoms. The Morgan fingerprint density at radius 3 is 2.35 bits per heavy atom. The average Bonchev–Trinajstić information content (AvgIpc) is 2.45. The lowest BCUT2D eigenvalue weighted by atomic mass is 9.79. The van der Waals surface area contributed by atoms with Crippen molar-refractivity contribution < 1.29 is 13.2 Å². The fraction of sp³-hybridized carbons (Fsp3) is 0.533. The third-order valence-corrected chi connectivity index (χ3v) is 5.42. The minimum absolute atomic E-state index is 0.204. The zero-order valence-electron chi connectivity index (χ0n) is 11.7. The van der Waals surface area contributed by atoms with Gasteiger partial charge in [0.25, 0.3) is 0 Å². The number of piperidine rings is 1. The molecule has 1 heterocycles. The second-order valence-electron chi connectivity index (χ2n) is 5.42. The lowest BCUT2D eigenvalue weighted by Gasteiger charge is -2.34. The zero-order valence-corrected chi connectivity index (χ0v) is 12.6. The largest absolute Gasteiger partial charge is 0.303 e. The number of benzene rings is 1. The van der Waals surface area contributed by atoms with Crippen molar-refractivity contribution in [1.29, 1.82) is 0 Å². The Morgan fingerprint density at radius 2 is 1.85 bits per heavy atom. The van der Waals surface area contributed by atoms with E-state index >= 15 is 0 Å². The summed E-state index contributed by atoms with van der Waals surface area (Å²) in [5.74, 6) is 0.580. The van der Waals surface area contributed by atoms with Crippen molar-refractivity contribution in [3.8, 4) is 0 Å². The van der Waals surface area contributed by atoms with Crippen molar-refractivity contribution >= 4 is 16.3 Å². The number of sulfonamides is 1. The predicted molar refractivity (Wildman–Crippen MR) is 79.0 cm³/mol. The van der Waals surface area contributed by atoms with Crippen LogP contribution in [0.25, 0.3) is 0 Å². The van der Waals surface area contributed by atoms with Crippen LogP contribution in [0, 0.1) is 5.92 Å². The minimum atomic E-state index is -3.09. The second kappa shape index (κ2) is 6.50. The van der Waals surface area contributed by atoms with E-state index in [-0.39, 0.29) is 5.92 Å². The Hall–Kier alpha value is -1.20. The summed E-state index contributed by atoms with van der Waals surface area (Å²) in [5, 5.41) is 0. The Morgan fingerprint density at radius 1 is 1.25 bits per heavy atom. The van der Waals surface area contributed by atoms with Gasteiger partial charge in [-0.1, -0.05) is 30.3 Å². The molecular formula is C15H21NO3S. The van der Waals surface area contributed by atoms with Gasteiger partial charge in [0.1, 0.15) is 6.29 Å². The maximum Gasteiger partial charge on any atom is 0.211 e. The molecule has 1 aliphatic rings. The maximum atomic E-state index is 11.5. The molecule has 1 aliphatic heterocycles. The number of carbonyl (C=O) groups excluding carboxylic acids is 1. The van der Waals surface area contributed by atoms with Crippen LogP contribution in [-0.4, -0.2) is 38.4 Å². The normalized spacial score (nSPS) is 19.6. The molecule has 0 N–H and O–H groups in total. The van der Waals surface area contributed by atoms with Gasteiger partial charge < -0.3 is 4.79 Å². The summed E-state index contributed by atoms with van der Waals surface area (Å²) in [7, 11) is -3.09. The van der Waals surface area contributed by atoms with Crippen LogP contribution in [0.1, 0.15) is 30.7 Å². The van der Waals surface area contributed by atoms with Crippen LogP contribution in [0.15, 0.2) is 30.3 Å². The molecule has 0 amide bonds. The van der Waals surface area contributed by atoms with E-state index in [0.717, 1.165) is 19.1 Å². The highest BCUT2D eigenvalue weighted by atomic mass is 32.2. The molecule has 4 nitrogen and oxygen atoms in total. The fourth-order valence-corrected chi connectivity index (χ4v) is 3.89. The number of nitrogens with zero attached hydrogens (tertiary/aromatic N) is 1. The van der Waals surface area contributed by atoms with Crippen molar-refractivity contribution in [2.75, 3.05) is 19.3 Å². The highest BCUT2D eigenvalue weighted by molar-refractivity contribution is 7.88. The predicted octanol–water partition coefficient (Wildman–Crippen LogP) is 2.03. The van der Waals surface area contributed by atoms with E-state index in [9.17, 15) is 13.2 Å². The molecule has 1 fully saturated rings. The summed E-state index contributed by atoms with van der Waals surface area (Å²) in [6.45, 7) is 1.12. The van der Waals surface area contributed by atoms with E-state index < -0.39 is 10.0 Å².